The molecule has 1 N–H and O–H groups in total. The van der Waals surface area contributed by atoms with Crippen LogP contribution in [0.15, 0.2) is 30.3 Å². The van der Waals surface area contributed by atoms with Crippen LogP contribution in [-0.4, -0.2) is 35.0 Å². The van der Waals surface area contributed by atoms with E-state index in [0.29, 0.717) is 13.1 Å². The SMILES string of the molecule is O=C(O)C1CN(C(=O)C2(c3ccccc3)CCC2)C1. The lowest BCUT2D eigenvalue weighted by molar-refractivity contribution is -0.157. The lowest BCUT2D eigenvalue weighted by Gasteiger charge is -2.48. The van der Waals surface area contributed by atoms with Gasteiger partial charge in [-0.2, -0.15) is 0 Å². The average Bonchev–Trinajstić information content (AvgIpc) is 2.26. The summed E-state index contributed by atoms with van der Waals surface area (Å²) in [6.45, 7) is 0.728. The van der Waals surface area contributed by atoms with Crippen LogP contribution in [0.5, 0.6) is 0 Å². The third-order valence-corrected chi connectivity index (χ3v) is 4.46. The normalized spacial score (nSPS) is 21.4. The number of likely N-dealkylation sites (tertiary alicyclic amines) is 1. The van der Waals surface area contributed by atoms with Crippen molar-refractivity contribution in [2.45, 2.75) is 24.7 Å². The molecule has 3 rings (SSSR count). The van der Waals surface area contributed by atoms with E-state index < -0.39 is 5.97 Å². The van der Waals surface area contributed by atoms with E-state index >= 15 is 0 Å². The van der Waals surface area contributed by atoms with E-state index in [2.05, 4.69) is 0 Å². The minimum Gasteiger partial charge on any atom is -0.481 e. The van der Waals surface area contributed by atoms with Crippen LogP contribution in [0, 0.1) is 5.92 Å². The van der Waals surface area contributed by atoms with Gasteiger partial charge in [0.2, 0.25) is 5.91 Å². The molecule has 1 aromatic rings. The van der Waals surface area contributed by atoms with Crippen LogP contribution in [0.4, 0.5) is 0 Å². The predicted octanol–water partition coefficient (Wildman–Crippen LogP) is 1.65. The number of aliphatic carboxylic acids is 1. The number of benzene rings is 1. The summed E-state index contributed by atoms with van der Waals surface area (Å²) >= 11 is 0. The van der Waals surface area contributed by atoms with Gasteiger partial charge in [0.15, 0.2) is 0 Å². The lowest BCUT2D eigenvalue weighted by Crippen LogP contribution is -2.60. The molecule has 19 heavy (non-hydrogen) atoms. The number of nitrogens with zero attached hydrogens (tertiary/aromatic N) is 1. The van der Waals surface area contributed by atoms with E-state index in [4.69, 9.17) is 5.11 Å². The smallest absolute Gasteiger partial charge is 0.310 e. The zero-order chi connectivity index (χ0) is 13.5. The number of carbonyl (C=O) groups is 2. The second-order valence-corrected chi connectivity index (χ2v) is 5.55. The molecule has 1 saturated heterocycles. The summed E-state index contributed by atoms with van der Waals surface area (Å²) in [6, 6.07) is 9.87. The number of rotatable bonds is 3. The molecule has 0 radical (unpaired) electrons. The maximum absolute atomic E-state index is 12.6. The molecule has 0 aromatic heterocycles. The molecule has 1 aromatic carbocycles. The van der Waals surface area contributed by atoms with Gasteiger partial charge in [-0.1, -0.05) is 36.8 Å². The Bertz CT molecular complexity index is 501. The summed E-state index contributed by atoms with van der Waals surface area (Å²) in [6.07, 6.45) is 2.82. The Labute approximate surface area is 112 Å². The molecule has 1 aliphatic carbocycles. The van der Waals surface area contributed by atoms with Gasteiger partial charge < -0.3 is 10.0 Å². The van der Waals surface area contributed by atoms with Crippen molar-refractivity contribution in [2.75, 3.05) is 13.1 Å². The van der Waals surface area contributed by atoms with Gasteiger partial charge in [0.1, 0.15) is 0 Å². The maximum atomic E-state index is 12.6. The molecule has 0 spiro atoms. The Balaban J connectivity index is 1.77. The van der Waals surface area contributed by atoms with Gasteiger partial charge in [-0.15, -0.1) is 0 Å². The number of carbonyl (C=O) groups excluding carboxylic acids is 1. The summed E-state index contributed by atoms with van der Waals surface area (Å²) in [5.74, 6) is -1.06. The summed E-state index contributed by atoms with van der Waals surface area (Å²) < 4.78 is 0. The molecule has 100 valence electrons. The van der Waals surface area contributed by atoms with Crippen molar-refractivity contribution in [2.24, 2.45) is 5.92 Å². The van der Waals surface area contributed by atoms with E-state index in [-0.39, 0.29) is 17.2 Å². The fraction of sp³-hybridized carbons (Fsp3) is 0.467. The second-order valence-electron chi connectivity index (χ2n) is 5.55. The van der Waals surface area contributed by atoms with Crippen molar-refractivity contribution in [1.29, 1.82) is 0 Å². The van der Waals surface area contributed by atoms with Crippen molar-refractivity contribution in [3.8, 4) is 0 Å². The van der Waals surface area contributed by atoms with Crippen molar-refractivity contribution < 1.29 is 14.7 Å². The molecule has 0 bridgehead atoms. The predicted molar refractivity (Wildman–Crippen MR) is 69.7 cm³/mol. The van der Waals surface area contributed by atoms with Gasteiger partial charge in [0, 0.05) is 13.1 Å². The molecule has 0 unspecified atom stereocenters. The zero-order valence-electron chi connectivity index (χ0n) is 10.7. The van der Waals surface area contributed by atoms with Crippen LogP contribution >= 0.6 is 0 Å². The quantitative estimate of drug-likeness (QED) is 0.898. The first kappa shape index (κ1) is 12.2. The van der Waals surface area contributed by atoms with Gasteiger partial charge in [-0.25, -0.2) is 0 Å². The molecule has 1 aliphatic heterocycles. The van der Waals surface area contributed by atoms with E-state index in [1.54, 1.807) is 4.90 Å². The summed E-state index contributed by atoms with van der Waals surface area (Å²) in [5.41, 5.74) is 0.690. The van der Waals surface area contributed by atoms with Gasteiger partial charge in [0.05, 0.1) is 11.3 Å². The first-order valence-electron chi connectivity index (χ1n) is 6.71. The van der Waals surface area contributed by atoms with E-state index in [9.17, 15) is 9.59 Å². The highest BCUT2D eigenvalue weighted by Gasteiger charge is 2.50. The first-order chi connectivity index (χ1) is 9.13. The molecule has 1 saturated carbocycles. The minimum atomic E-state index is -0.800. The zero-order valence-corrected chi connectivity index (χ0v) is 10.7. The second kappa shape index (κ2) is 4.37. The van der Waals surface area contributed by atoms with Crippen LogP contribution in [0.1, 0.15) is 24.8 Å². The molecule has 1 heterocycles. The van der Waals surface area contributed by atoms with Gasteiger partial charge >= 0.3 is 5.97 Å². The Morgan fingerprint density at radius 1 is 1.16 bits per heavy atom. The van der Waals surface area contributed by atoms with Crippen molar-refractivity contribution >= 4 is 11.9 Å². The number of carboxylic acids is 1. The number of amides is 1. The lowest BCUT2D eigenvalue weighted by atomic mass is 9.63. The number of hydrogen-bond acceptors (Lipinski definition) is 2. The van der Waals surface area contributed by atoms with Crippen molar-refractivity contribution in [3.63, 3.8) is 0 Å². The van der Waals surface area contributed by atoms with Gasteiger partial charge in [-0.05, 0) is 18.4 Å². The van der Waals surface area contributed by atoms with E-state index in [1.165, 1.54) is 0 Å². The van der Waals surface area contributed by atoms with Crippen LogP contribution in [0.25, 0.3) is 0 Å². The van der Waals surface area contributed by atoms with Crippen LogP contribution in [-0.2, 0) is 15.0 Å². The Morgan fingerprint density at radius 2 is 1.79 bits per heavy atom. The molecule has 2 aliphatic rings. The first-order valence-corrected chi connectivity index (χ1v) is 6.71. The molecular weight excluding hydrogens is 242 g/mol. The van der Waals surface area contributed by atoms with E-state index in [0.717, 1.165) is 24.8 Å². The Hall–Kier alpha value is -1.84. The third kappa shape index (κ3) is 1.82. The molecular formula is C15H17NO3. The van der Waals surface area contributed by atoms with Gasteiger partial charge in [-0.3, -0.25) is 9.59 Å². The minimum absolute atomic E-state index is 0.113. The Morgan fingerprint density at radius 3 is 2.26 bits per heavy atom. The van der Waals surface area contributed by atoms with Crippen LogP contribution in [0.2, 0.25) is 0 Å². The molecule has 2 fully saturated rings. The highest BCUT2D eigenvalue weighted by Crippen LogP contribution is 2.46. The average molecular weight is 259 g/mol. The molecule has 1 amide bonds. The monoisotopic (exact) mass is 259 g/mol. The highest BCUT2D eigenvalue weighted by atomic mass is 16.4. The topological polar surface area (TPSA) is 57.6 Å². The molecule has 4 heteroatoms. The third-order valence-electron chi connectivity index (χ3n) is 4.46. The summed E-state index contributed by atoms with van der Waals surface area (Å²) in [4.78, 5) is 25.1. The van der Waals surface area contributed by atoms with Crippen molar-refractivity contribution in [1.82, 2.24) is 4.90 Å². The molecule has 4 nitrogen and oxygen atoms in total. The fourth-order valence-corrected chi connectivity index (χ4v) is 3.02. The summed E-state index contributed by atoms with van der Waals surface area (Å²) in [7, 11) is 0. The van der Waals surface area contributed by atoms with Gasteiger partial charge in [0.25, 0.3) is 0 Å². The maximum Gasteiger partial charge on any atom is 0.310 e. The van der Waals surface area contributed by atoms with Crippen molar-refractivity contribution in [3.05, 3.63) is 35.9 Å². The molecule has 0 atom stereocenters. The number of carboxylic acid groups (broad SMARTS) is 1. The highest BCUT2D eigenvalue weighted by molar-refractivity contribution is 5.91. The largest absolute Gasteiger partial charge is 0.481 e. The van der Waals surface area contributed by atoms with Crippen LogP contribution in [0.3, 0.4) is 0 Å². The summed E-state index contributed by atoms with van der Waals surface area (Å²) in [5, 5.41) is 8.89. The van der Waals surface area contributed by atoms with E-state index in [1.807, 2.05) is 30.3 Å². The standard InChI is InChI=1S/C15H17NO3/c17-13(18)11-9-16(10-11)14(19)15(7-4-8-15)12-5-2-1-3-6-12/h1-3,5-6,11H,4,7-10H2,(H,17,18). The fourth-order valence-electron chi connectivity index (χ4n) is 3.02. The number of hydrogen-bond donors (Lipinski definition) is 1. The van der Waals surface area contributed by atoms with Crippen LogP contribution < -0.4 is 0 Å². The Kier molecular flexibility index (Phi) is 2.81.